The van der Waals surface area contributed by atoms with E-state index < -0.39 is 34.9 Å². The lowest BCUT2D eigenvalue weighted by atomic mass is 9.65. The number of carbonyl (C=O) groups is 3. The van der Waals surface area contributed by atoms with E-state index >= 15 is 0 Å². The molecule has 1 atom stereocenters. The second-order valence-electron chi connectivity index (χ2n) is 8.08. The third kappa shape index (κ3) is 4.51. The van der Waals surface area contributed by atoms with Crippen LogP contribution in [0, 0.1) is 5.41 Å². The van der Waals surface area contributed by atoms with Crippen LogP contribution in [0.2, 0.25) is 10.0 Å². The highest BCUT2D eigenvalue weighted by atomic mass is 35.5. The van der Waals surface area contributed by atoms with Crippen molar-refractivity contribution < 1.29 is 28.6 Å². The summed E-state index contributed by atoms with van der Waals surface area (Å²) in [5, 5.41) is 15.3. The van der Waals surface area contributed by atoms with Crippen LogP contribution in [0.3, 0.4) is 0 Å². The van der Waals surface area contributed by atoms with Gasteiger partial charge < -0.3 is 20.5 Å². The molecule has 1 unspecified atom stereocenters. The van der Waals surface area contributed by atoms with Crippen LogP contribution >= 0.6 is 23.2 Å². The summed E-state index contributed by atoms with van der Waals surface area (Å²) in [5.74, 6) is -3.22. The van der Waals surface area contributed by atoms with Gasteiger partial charge in [-0.15, -0.1) is 0 Å². The predicted octanol–water partition coefficient (Wildman–Crippen LogP) is 3.79. The Balaban J connectivity index is 1.45. The number of halogens is 3. The first kappa shape index (κ1) is 24.1. The van der Waals surface area contributed by atoms with E-state index in [1.54, 1.807) is 24.3 Å². The van der Waals surface area contributed by atoms with Crippen molar-refractivity contribution in [1.29, 1.82) is 0 Å². The topological polar surface area (TPSA) is 118 Å². The van der Waals surface area contributed by atoms with Crippen molar-refractivity contribution in [1.82, 2.24) is 10.3 Å². The lowest BCUT2D eigenvalue weighted by Gasteiger charge is -2.44. The molecular formula is C23H20Cl2FN3O5. The number of ketones is 1. The average Bonchev–Trinajstić information content (AvgIpc) is 2.82. The number of Topliss-reactive ketones (excluding diaryl/α,β-unsaturated/α-hetero) is 1. The van der Waals surface area contributed by atoms with Crippen molar-refractivity contribution in [2.24, 2.45) is 5.41 Å². The molecule has 2 heterocycles. The van der Waals surface area contributed by atoms with Gasteiger partial charge in [-0.1, -0.05) is 35.3 Å². The standard InChI is InChI=1S/C23H20Cl2FN3O5/c24-14-10-27-11-15(25)17(14)21(31)28-13-3-1-12(2-4-13)9-16(22(32)33)29-19-18(26)20(30)23(19)5-7-34-8-6-23/h1-4,10-11,16,29H,5-9H2,(H,28,31)(H,32,33). The fraction of sp³-hybridized carbons (Fsp3) is 0.304. The number of benzene rings is 1. The van der Waals surface area contributed by atoms with E-state index in [1.165, 1.54) is 12.4 Å². The predicted molar refractivity (Wildman–Crippen MR) is 123 cm³/mol. The molecule has 1 amide bonds. The van der Waals surface area contributed by atoms with Gasteiger partial charge in [0.15, 0.2) is 5.83 Å². The van der Waals surface area contributed by atoms with Crippen molar-refractivity contribution in [3.63, 3.8) is 0 Å². The number of anilines is 1. The second-order valence-corrected chi connectivity index (χ2v) is 8.90. The molecule has 1 aliphatic carbocycles. The molecule has 1 fully saturated rings. The number of aliphatic carboxylic acids is 1. The summed E-state index contributed by atoms with van der Waals surface area (Å²) < 4.78 is 19.6. The summed E-state index contributed by atoms with van der Waals surface area (Å²) in [5.41, 5.74) is 0.176. The van der Waals surface area contributed by atoms with Crippen molar-refractivity contribution >= 4 is 46.5 Å². The molecule has 2 aromatic rings. The van der Waals surface area contributed by atoms with Gasteiger partial charge in [-0.2, -0.15) is 0 Å². The van der Waals surface area contributed by atoms with E-state index in [0.29, 0.717) is 37.3 Å². The normalized spacial score (nSPS) is 17.8. The van der Waals surface area contributed by atoms with Crippen molar-refractivity contribution in [2.45, 2.75) is 25.3 Å². The number of carbonyl (C=O) groups excluding carboxylic acids is 2. The lowest BCUT2D eigenvalue weighted by Crippen LogP contribution is -2.55. The molecule has 0 bridgehead atoms. The minimum Gasteiger partial charge on any atom is -0.480 e. The first-order valence-electron chi connectivity index (χ1n) is 10.4. The number of rotatable bonds is 7. The highest BCUT2D eigenvalue weighted by molar-refractivity contribution is 6.40. The first-order valence-corrected chi connectivity index (χ1v) is 11.2. The monoisotopic (exact) mass is 507 g/mol. The summed E-state index contributed by atoms with van der Waals surface area (Å²) >= 11 is 12.0. The Morgan fingerprint density at radius 3 is 2.35 bits per heavy atom. The van der Waals surface area contributed by atoms with Crippen LogP contribution < -0.4 is 10.6 Å². The van der Waals surface area contributed by atoms with E-state index in [1.807, 2.05) is 0 Å². The van der Waals surface area contributed by atoms with Crippen molar-refractivity contribution in [3.05, 3.63) is 69.4 Å². The van der Waals surface area contributed by atoms with Gasteiger partial charge in [0.1, 0.15) is 6.04 Å². The van der Waals surface area contributed by atoms with Gasteiger partial charge in [-0.25, -0.2) is 9.18 Å². The quantitative estimate of drug-likeness (QED) is 0.521. The number of nitrogens with zero attached hydrogens (tertiary/aromatic N) is 1. The maximum atomic E-state index is 14.3. The lowest BCUT2D eigenvalue weighted by molar-refractivity contribution is -0.141. The molecule has 178 valence electrons. The zero-order valence-electron chi connectivity index (χ0n) is 17.7. The fourth-order valence-corrected chi connectivity index (χ4v) is 4.68. The van der Waals surface area contributed by atoms with Crippen LogP contribution in [0.5, 0.6) is 0 Å². The number of pyridine rings is 1. The Labute approximate surface area is 204 Å². The Morgan fingerprint density at radius 1 is 1.15 bits per heavy atom. The van der Waals surface area contributed by atoms with Crippen LogP contribution in [-0.4, -0.2) is 47.0 Å². The number of ether oxygens (including phenoxy) is 1. The van der Waals surface area contributed by atoms with Crippen LogP contribution in [0.4, 0.5) is 10.1 Å². The number of hydrogen-bond donors (Lipinski definition) is 3. The molecule has 1 aliphatic heterocycles. The Hall–Kier alpha value is -3.01. The fourth-order valence-electron chi connectivity index (χ4n) is 4.14. The molecule has 1 aromatic heterocycles. The number of allylic oxidation sites excluding steroid dienone is 2. The third-order valence-corrected chi connectivity index (χ3v) is 6.60. The Morgan fingerprint density at radius 2 is 1.76 bits per heavy atom. The number of amides is 1. The van der Waals surface area contributed by atoms with Crippen molar-refractivity contribution in [3.8, 4) is 0 Å². The first-order chi connectivity index (χ1) is 16.2. The molecule has 2 aliphatic rings. The maximum Gasteiger partial charge on any atom is 0.326 e. The van der Waals surface area contributed by atoms with Crippen LogP contribution in [0.15, 0.2) is 48.2 Å². The molecule has 0 radical (unpaired) electrons. The smallest absolute Gasteiger partial charge is 0.326 e. The van der Waals surface area contributed by atoms with E-state index in [9.17, 15) is 23.9 Å². The molecule has 3 N–H and O–H groups in total. The number of hydrogen-bond acceptors (Lipinski definition) is 6. The van der Waals surface area contributed by atoms with Crippen LogP contribution in [0.1, 0.15) is 28.8 Å². The molecule has 4 rings (SSSR count). The Bertz CT molecular complexity index is 1160. The molecule has 1 spiro atoms. The van der Waals surface area contributed by atoms with Gasteiger partial charge in [-0.05, 0) is 30.5 Å². The minimum atomic E-state index is -1.18. The zero-order chi connectivity index (χ0) is 24.5. The number of carboxylic acids is 1. The van der Waals surface area contributed by atoms with Gasteiger partial charge in [0.05, 0.1) is 26.7 Å². The van der Waals surface area contributed by atoms with E-state index in [2.05, 4.69) is 15.6 Å². The van der Waals surface area contributed by atoms with Gasteiger partial charge >= 0.3 is 5.97 Å². The highest BCUT2D eigenvalue weighted by Crippen LogP contribution is 2.49. The second kappa shape index (κ2) is 9.69. The largest absolute Gasteiger partial charge is 0.480 e. The SMILES string of the molecule is O=C(Nc1ccc(CC(NC2=C(F)C(=O)C23CCOCC3)C(=O)O)cc1)c1c(Cl)cncc1Cl. The van der Waals surface area contributed by atoms with E-state index in [-0.39, 0.29) is 27.7 Å². The van der Waals surface area contributed by atoms with Gasteiger partial charge in [-0.3, -0.25) is 14.6 Å². The number of aromatic nitrogens is 1. The molecule has 0 saturated carbocycles. The maximum absolute atomic E-state index is 14.3. The Kier molecular flexibility index (Phi) is 6.88. The van der Waals surface area contributed by atoms with E-state index in [4.69, 9.17) is 27.9 Å². The molecule has 8 nitrogen and oxygen atoms in total. The molecule has 1 aromatic carbocycles. The summed E-state index contributed by atoms with van der Waals surface area (Å²) in [6.45, 7) is 0.621. The van der Waals surface area contributed by atoms with Gasteiger partial charge in [0.2, 0.25) is 5.78 Å². The molecule has 34 heavy (non-hydrogen) atoms. The zero-order valence-corrected chi connectivity index (χ0v) is 19.3. The third-order valence-electron chi connectivity index (χ3n) is 6.03. The van der Waals surface area contributed by atoms with Gasteiger partial charge in [0, 0.05) is 37.7 Å². The summed E-state index contributed by atoms with van der Waals surface area (Å²) in [4.78, 5) is 40.4. The molecule has 11 heteroatoms. The number of nitrogens with one attached hydrogen (secondary N) is 2. The highest BCUT2D eigenvalue weighted by Gasteiger charge is 2.56. The molecule has 1 saturated heterocycles. The van der Waals surface area contributed by atoms with E-state index in [0.717, 1.165) is 0 Å². The summed E-state index contributed by atoms with van der Waals surface area (Å²) in [6.07, 6.45) is 3.27. The van der Waals surface area contributed by atoms with Crippen molar-refractivity contribution in [2.75, 3.05) is 18.5 Å². The summed E-state index contributed by atoms with van der Waals surface area (Å²) in [6, 6.07) is 5.33. The van der Waals surface area contributed by atoms with Crippen LogP contribution in [0.25, 0.3) is 0 Å². The number of carboxylic acid groups (broad SMARTS) is 1. The molecular weight excluding hydrogens is 488 g/mol. The van der Waals surface area contributed by atoms with Gasteiger partial charge in [0.25, 0.3) is 5.91 Å². The average molecular weight is 508 g/mol. The van der Waals surface area contributed by atoms with Crippen LogP contribution in [-0.2, 0) is 20.7 Å². The summed E-state index contributed by atoms with van der Waals surface area (Å²) in [7, 11) is 0. The minimum absolute atomic E-state index is 0.0309.